The van der Waals surface area contributed by atoms with Crippen LogP contribution in [0, 0.1) is 0 Å². The molecule has 0 aliphatic heterocycles. The fraction of sp³-hybridized carbons (Fsp3) is 0. The van der Waals surface area contributed by atoms with Crippen LogP contribution < -0.4 is 5.73 Å². The minimum absolute atomic E-state index is 0.579. The highest BCUT2D eigenvalue weighted by atomic mass is 15.1. The molecule has 12 heavy (non-hydrogen) atoms. The Bertz CT molecular complexity index is 366. The van der Waals surface area contributed by atoms with Crippen molar-refractivity contribution < 1.29 is 0 Å². The highest BCUT2D eigenvalue weighted by Gasteiger charge is 2.05. The minimum Gasteiger partial charge on any atom is -0.396 e. The quantitative estimate of drug-likeness (QED) is 0.636. The standard InChI is InChI=1S/C7H7N5/c8-5-3-11-12-7(5)6-4-9-1-2-10-6/h1-4H,8H2,(H,11,12). The summed E-state index contributed by atoms with van der Waals surface area (Å²) in [5, 5.41) is 6.59. The van der Waals surface area contributed by atoms with E-state index in [0.717, 1.165) is 0 Å². The summed E-state index contributed by atoms with van der Waals surface area (Å²) in [5.74, 6) is 0. The van der Waals surface area contributed by atoms with E-state index in [9.17, 15) is 0 Å². The lowest BCUT2D eigenvalue weighted by Gasteiger charge is -1.93. The first-order valence-corrected chi connectivity index (χ1v) is 3.43. The first-order chi connectivity index (χ1) is 5.88. The molecule has 0 aliphatic rings. The summed E-state index contributed by atoms with van der Waals surface area (Å²) in [4.78, 5) is 7.97. The van der Waals surface area contributed by atoms with Gasteiger partial charge >= 0.3 is 0 Å². The number of nitrogens with zero attached hydrogens (tertiary/aromatic N) is 3. The molecular formula is C7H7N5. The topological polar surface area (TPSA) is 80.5 Å². The molecule has 0 radical (unpaired) electrons. The average Bonchev–Trinajstić information content (AvgIpc) is 2.53. The Labute approximate surface area is 68.7 Å². The Kier molecular flexibility index (Phi) is 1.48. The summed E-state index contributed by atoms with van der Waals surface area (Å²) in [6, 6.07) is 0. The third kappa shape index (κ3) is 1.01. The number of aromatic nitrogens is 4. The second kappa shape index (κ2) is 2.61. The normalized spacial score (nSPS) is 10.0. The summed E-state index contributed by atoms with van der Waals surface area (Å²) in [6.45, 7) is 0. The van der Waals surface area contributed by atoms with Gasteiger partial charge in [-0.3, -0.25) is 15.1 Å². The molecular weight excluding hydrogens is 154 g/mol. The molecule has 0 spiro atoms. The molecule has 0 aromatic carbocycles. The lowest BCUT2D eigenvalue weighted by Crippen LogP contribution is -1.89. The number of hydrogen-bond acceptors (Lipinski definition) is 4. The summed E-state index contributed by atoms with van der Waals surface area (Å²) >= 11 is 0. The summed E-state index contributed by atoms with van der Waals surface area (Å²) in [6.07, 6.45) is 6.44. The van der Waals surface area contributed by atoms with E-state index >= 15 is 0 Å². The monoisotopic (exact) mass is 161 g/mol. The lowest BCUT2D eigenvalue weighted by molar-refractivity contribution is 1.08. The van der Waals surface area contributed by atoms with E-state index in [1.54, 1.807) is 24.8 Å². The first kappa shape index (κ1) is 6.78. The zero-order chi connectivity index (χ0) is 8.39. The van der Waals surface area contributed by atoms with Crippen molar-refractivity contribution in [3.63, 3.8) is 0 Å². The summed E-state index contributed by atoms with van der Waals surface area (Å²) in [5.41, 5.74) is 7.51. The van der Waals surface area contributed by atoms with Crippen molar-refractivity contribution >= 4 is 5.69 Å². The molecule has 0 bridgehead atoms. The van der Waals surface area contributed by atoms with Gasteiger partial charge in [-0.2, -0.15) is 5.10 Å². The SMILES string of the molecule is Nc1c[nH]nc1-c1cnccn1. The lowest BCUT2D eigenvalue weighted by atomic mass is 10.3. The van der Waals surface area contributed by atoms with Crippen molar-refractivity contribution in [1.82, 2.24) is 20.2 Å². The molecule has 0 unspecified atom stereocenters. The van der Waals surface area contributed by atoms with E-state index in [1.165, 1.54) is 0 Å². The van der Waals surface area contributed by atoms with Gasteiger partial charge in [0.15, 0.2) is 0 Å². The van der Waals surface area contributed by atoms with Crippen LogP contribution in [0.25, 0.3) is 11.4 Å². The molecule has 2 aromatic rings. The van der Waals surface area contributed by atoms with Crippen molar-refractivity contribution in [3.05, 3.63) is 24.8 Å². The predicted molar refractivity (Wildman–Crippen MR) is 44.0 cm³/mol. The number of aromatic amines is 1. The fourth-order valence-corrected chi connectivity index (χ4v) is 0.926. The summed E-state index contributed by atoms with van der Waals surface area (Å²) in [7, 11) is 0. The molecule has 2 heterocycles. The molecule has 2 rings (SSSR count). The molecule has 0 aliphatic carbocycles. The molecule has 0 atom stereocenters. The smallest absolute Gasteiger partial charge is 0.135 e. The molecule has 5 nitrogen and oxygen atoms in total. The van der Waals surface area contributed by atoms with Crippen molar-refractivity contribution in [3.8, 4) is 11.4 Å². The number of rotatable bonds is 1. The van der Waals surface area contributed by atoms with Gasteiger partial charge in [0, 0.05) is 18.6 Å². The Morgan fingerprint density at radius 1 is 1.33 bits per heavy atom. The molecule has 2 aromatic heterocycles. The maximum Gasteiger partial charge on any atom is 0.135 e. The van der Waals surface area contributed by atoms with Crippen LogP contribution in [-0.4, -0.2) is 20.2 Å². The molecule has 0 amide bonds. The van der Waals surface area contributed by atoms with Crippen LogP contribution in [0.4, 0.5) is 5.69 Å². The highest BCUT2D eigenvalue weighted by molar-refractivity contribution is 5.67. The predicted octanol–water partition coefficient (Wildman–Crippen LogP) is 0.449. The van der Waals surface area contributed by atoms with E-state index in [0.29, 0.717) is 17.1 Å². The Hall–Kier alpha value is -1.91. The molecule has 5 heteroatoms. The van der Waals surface area contributed by atoms with E-state index in [-0.39, 0.29) is 0 Å². The largest absolute Gasteiger partial charge is 0.396 e. The van der Waals surface area contributed by atoms with Crippen molar-refractivity contribution in [2.75, 3.05) is 5.73 Å². The number of anilines is 1. The van der Waals surface area contributed by atoms with Gasteiger partial charge < -0.3 is 5.73 Å². The van der Waals surface area contributed by atoms with E-state index in [4.69, 9.17) is 5.73 Å². The maximum atomic E-state index is 5.61. The molecule has 3 N–H and O–H groups in total. The zero-order valence-electron chi connectivity index (χ0n) is 6.23. The van der Waals surface area contributed by atoms with Crippen LogP contribution in [-0.2, 0) is 0 Å². The number of nitrogens with one attached hydrogen (secondary N) is 1. The third-order valence-electron chi connectivity index (χ3n) is 1.48. The average molecular weight is 161 g/mol. The van der Waals surface area contributed by atoms with Gasteiger partial charge in [0.05, 0.1) is 11.9 Å². The second-order valence-electron chi connectivity index (χ2n) is 2.28. The van der Waals surface area contributed by atoms with E-state index in [1.807, 2.05) is 0 Å². The van der Waals surface area contributed by atoms with Crippen LogP contribution in [0.15, 0.2) is 24.8 Å². The zero-order valence-corrected chi connectivity index (χ0v) is 6.23. The number of nitrogen functional groups attached to an aromatic ring is 1. The third-order valence-corrected chi connectivity index (χ3v) is 1.48. The Balaban J connectivity index is 2.51. The minimum atomic E-state index is 0.579. The van der Waals surface area contributed by atoms with Crippen LogP contribution in [0.2, 0.25) is 0 Å². The molecule has 60 valence electrons. The van der Waals surface area contributed by atoms with Gasteiger partial charge in [-0.05, 0) is 0 Å². The van der Waals surface area contributed by atoms with Crippen molar-refractivity contribution in [2.24, 2.45) is 0 Å². The van der Waals surface area contributed by atoms with Crippen LogP contribution in [0.5, 0.6) is 0 Å². The Morgan fingerprint density at radius 3 is 2.83 bits per heavy atom. The number of nitrogens with two attached hydrogens (primary N) is 1. The second-order valence-corrected chi connectivity index (χ2v) is 2.28. The van der Waals surface area contributed by atoms with Gasteiger partial charge in [-0.25, -0.2) is 0 Å². The number of H-pyrrole nitrogens is 1. The Morgan fingerprint density at radius 2 is 2.25 bits per heavy atom. The molecule has 0 fully saturated rings. The van der Waals surface area contributed by atoms with Crippen LogP contribution in [0.1, 0.15) is 0 Å². The molecule has 0 saturated carbocycles. The summed E-state index contributed by atoms with van der Waals surface area (Å²) < 4.78 is 0. The van der Waals surface area contributed by atoms with Gasteiger partial charge in [-0.1, -0.05) is 0 Å². The highest BCUT2D eigenvalue weighted by Crippen LogP contribution is 2.18. The van der Waals surface area contributed by atoms with Gasteiger partial charge in [0.2, 0.25) is 0 Å². The van der Waals surface area contributed by atoms with Crippen LogP contribution >= 0.6 is 0 Å². The van der Waals surface area contributed by atoms with Gasteiger partial charge in [0.1, 0.15) is 11.4 Å². The number of hydrogen-bond donors (Lipinski definition) is 2. The molecule has 0 saturated heterocycles. The van der Waals surface area contributed by atoms with Gasteiger partial charge in [-0.15, -0.1) is 0 Å². The fourth-order valence-electron chi connectivity index (χ4n) is 0.926. The van der Waals surface area contributed by atoms with E-state index in [2.05, 4.69) is 20.2 Å². The first-order valence-electron chi connectivity index (χ1n) is 3.43. The van der Waals surface area contributed by atoms with Crippen molar-refractivity contribution in [2.45, 2.75) is 0 Å². The van der Waals surface area contributed by atoms with Gasteiger partial charge in [0.25, 0.3) is 0 Å². The van der Waals surface area contributed by atoms with Crippen LogP contribution in [0.3, 0.4) is 0 Å². The van der Waals surface area contributed by atoms with E-state index < -0.39 is 0 Å². The maximum absolute atomic E-state index is 5.61. The van der Waals surface area contributed by atoms with Crippen molar-refractivity contribution in [1.29, 1.82) is 0 Å².